The van der Waals surface area contributed by atoms with Gasteiger partial charge in [0.2, 0.25) is 0 Å². The fraction of sp³-hybridized carbons (Fsp3) is 0.167. The smallest absolute Gasteiger partial charge is 0.309 e. The number of nitrogens with one attached hydrogen (secondary N) is 1. The summed E-state index contributed by atoms with van der Waals surface area (Å²) >= 11 is 2.12. The van der Waals surface area contributed by atoms with Crippen molar-refractivity contribution in [3.05, 3.63) is 21.5 Å². The predicted molar refractivity (Wildman–Crippen MR) is 44.8 cm³/mol. The standard InChI is InChI=1S/C6H6INO2/c7-4-1-5(8-3-4)2-6(9)10/h1,3,8H,2H2,(H,9,10). The molecule has 0 atom stereocenters. The summed E-state index contributed by atoms with van der Waals surface area (Å²) in [5.74, 6) is -0.807. The predicted octanol–water partition coefficient (Wildman–Crippen LogP) is 1.25. The molecule has 4 heteroatoms. The molecule has 0 saturated carbocycles. The summed E-state index contributed by atoms with van der Waals surface area (Å²) in [5, 5.41) is 8.35. The third-order valence-electron chi connectivity index (χ3n) is 1.05. The van der Waals surface area contributed by atoms with E-state index in [0.717, 1.165) is 9.26 Å². The van der Waals surface area contributed by atoms with Crippen LogP contribution in [-0.2, 0) is 11.2 Å². The van der Waals surface area contributed by atoms with Gasteiger partial charge in [-0.2, -0.15) is 0 Å². The fourth-order valence-electron chi connectivity index (χ4n) is 0.676. The molecule has 0 bridgehead atoms. The van der Waals surface area contributed by atoms with Gasteiger partial charge in [0.15, 0.2) is 0 Å². The van der Waals surface area contributed by atoms with Crippen molar-refractivity contribution in [1.82, 2.24) is 4.98 Å². The van der Waals surface area contributed by atoms with E-state index in [1.165, 1.54) is 0 Å². The van der Waals surface area contributed by atoms with Gasteiger partial charge < -0.3 is 10.1 Å². The van der Waals surface area contributed by atoms with Gasteiger partial charge in [0, 0.05) is 15.5 Å². The SMILES string of the molecule is O=C(O)Cc1cc(I)c[nH]1. The average molecular weight is 251 g/mol. The molecule has 54 valence electrons. The molecule has 0 aliphatic rings. The number of aliphatic carboxylic acids is 1. The first-order valence-corrected chi connectivity index (χ1v) is 3.81. The molecule has 10 heavy (non-hydrogen) atoms. The van der Waals surface area contributed by atoms with E-state index in [9.17, 15) is 4.79 Å². The number of rotatable bonds is 2. The van der Waals surface area contributed by atoms with E-state index < -0.39 is 5.97 Å². The van der Waals surface area contributed by atoms with Crippen molar-refractivity contribution >= 4 is 28.6 Å². The molecule has 1 rings (SSSR count). The summed E-state index contributed by atoms with van der Waals surface area (Å²) in [5.41, 5.74) is 0.747. The van der Waals surface area contributed by atoms with Crippen LogP contribution in [0, 0.1) is 3.57 Å². The van der Waals surface area contributed by atoms with Crippen molar-refractivity contribution in [3.63, 3.8) is 0 Å². The van der Waals surface area contributed by atoms with Gasteiger partial charge in [-0.05, 0) is 28.7 Å². The molecule has 0 spiro atoms. The number of aromatic amines is 1. The molecule has 1 aromatic rings. The van der Waals surface area contributed by atoms with Crippen LogP contribution >= 0.6 is 22.6 Å². The van der Waals surface area contributed by atoms with Crippen LogP contribution in [0.3, 0.4) is 0 Å². The topological polar surface area (TPSA) is 53.1 Å². The Morgan fingerprint density at radius 3 is 2.90 bits per heavy atom. The molecule has 0 aliphatic carbocycles. The van der Waals surface area contributed by atoms with E-state index in [2.05, 4.69) is 27.6 Å². The highest BCUT2D eigenvalue weighted by atomic mass is 127. The maximum atomic E-state index is 10.2. The minimum Gasteiger partial charge on any atom is -0.481 e. The number of halogens is 1. The fourth-order valence-corrected chi connectivity index (χ4v) is 1.21. The molecule has 0 fully saturated rings. The molecular weight excluding hydrogens is 245 g/mol. The molecular formula is C6H6INO2. The number of aromatic nitrogens is 1. The summed E-state index contributed by atoms with van der Waals surface area (Å²) in [6, 6.07) is 1.81. The van der Waals surface area contributed by atoms with Gasteiger partial charge in [-0.25, -0.2) is 0 Å². The lowest BCUT2D eigenvalue weighted by atomic mass is 10.3. The van der Waals surface area contributed by atoms with Crippen LogP contribution in [0.5, 0.6) is 0 Å². The quantitative estimate of drug-likeness (QED) is 0.777. The van der Waals surface area contributed by atoms with Crippen LogP contribution < -0.4 is 0 Å². The Morgan fingerprint density at radius 1 is 1.80 bits per heavy atom. The van der Waals surface area contributed by atoms with Crippen LogP contribution in [-0.4, -0.2) is 16.1 Å². The Bertz CT molecular complexity index is 244. The zero-order chi connectivity index (χ0) is 7.56. The molecule has 0 unspecified atom stereocenters. The Kier molecular flexibility index (Phi) is 2.31. The van der Waals surface area contributed by atoms with Crippen molar-refractivity contribution in [1.29, 1.82) is 0 Å². The van der Waals surface area contributed by atoms with Crippen molar-refractivity contribution < 1.29 is 9.90 Å². The van der Waals surface area contributed by atoms with Crippen molar-refractivity contribution in [2.75, 3.05) is 0 Å². The van der Waals surface area contributed by atoms with Crippen molar-refractivity contribution in [2.45, 2.75) is 6.42 Å². The summed E-state index contributed by atoms with van der Waals surface area (Å²) in [4.78, 5) is 13.0. The molecule has 0 aromatic carbocycles. The number of carbonyl (C=O) groups is 1. The van der Waals surface area contributed by atoms with Crippen molar-refractivity contribution in [2.24, 2.45) is 0 Å². The number of hydrogen-bond donors (Lipinski definition) is 2. The zero-order valence-electron chi connectivity index (χ0n) is 5.10. The first kappa shape index (κ1) is 7.59. The van der Waals surface area contributed by atoms with Crippen LogP contribution in [0.4, 0.5) is 0 Å². The van der Waals surface area contributed by atoms with Crippen molar-refractivity contribution in [3.8, 4) is 0 Å². The molecule has 2 N–H and O–H groups in total. The summed E-state index contributed by atoms with van der Waals surface area (Å²) in [6.45, 7) is 0. The highest BCUT2D eigenvalue weighted by molar-refractivity contribution is 14.1. The van der Waals surface area contributed by atoms with E-state index in [-0.39, 0.29) is 6.42 Å². The minimum atomic E-state index is -0.807. The summed E-state index contributed by atoms with van der Waals surface area (Å²) < 4.78 is 1.04. The maximum absolute atomic E-state index is 10.2. The first-order valence-electron chi connectivity index (χ1n) is 2.73. The Balaban J connectivity index is 2.67. The van der Waals surface area contributed by atoms with E-state index in [0.29, 0.717) is 0 Å². The Morgan fingerprint density at radius 2 is 2.50 bits per heavy atom. The van der Waals surface area contributed by atoms with Gasteiger partial charge in [0.1, 0.15) is 0 Å². The zero-order valence-corrected chi connectivity index (χ0v) is 7.25. The molecule has 0 aliphatic heterocycles. The van der Waals surface area contributed by atoms with E-state index >= 15 is 0 Å². The lowest BCUT2D eigenvalue weighted by Crippen LogP contribution is -1.99. The molecule has 0 saturated heterocycles. The number of carboxylic acids is 1. The van der Waals surface area contributed by atoms with Crippen LogP contribution in [0.1, 0.15) is 5.69 Å². The maximum Gasteiger partial charge on any atom is 0.309 e. The molecule has 1 heterocycles. The second-order valence-corrected chi connectivity index (χ2v) is 3.16. The molecule has 0 amide bonds. The van der Waals surface area contributed by atoms with Gasteiger partial charge >= 0.3 is 5.97 Å². The summed E-state index contributed by atoms with van der Waals surface area (Å²) in [7, 11) is 0. The highest BCUT2D eigenvalue weighted by Crippen LogP contribution is 2.06. The average Bonchev–Trinajstić information content (AvgIpc) is 2.13. The van der Waals surface area contributed by atoms with Gasteiger partial charge in [-0.1, -0.05) is 0 Å². The third kappa shape index (κ3) is 2.02. The molecule has 0 radical (unpaired) electrons. The van der Waals surface area contributed by atoms with Crippen LogP contribution in [0.2, 0.25) is 0 Å². The Hall–Kier alpha value is -0.520. The second-order valence-electron chi connectivity index (χ2n) is 1.91. The lowest BCUT2D eigenvalue weighted by molar-refractivity contribution is -0.136. The van der Waals surface area contributed by atoms with E-state index in [1.54, 1.807) is 6.20 Å². The lowest BCUT2D eigenvalue weighted by Gasteiger charge is -1.87. The molecule has 1 aromatic heterocycles. The number of hydrogen-bond acceptors (Lipinski definition) is 1. The number of carboxylic acid groups (broad SMARTS) is 1. The van der Waals surface area contributed by atoms with E-state index in [4.69, 9.17) is 5.11 Å². The normalized spacial score (nSPS) is 9.70. The Labute approximate surface area is 71.6 Å². The highest BCUT2D eigenvalue weighted by Gasteiger charge is 2.00. The summed E-state index contributed by atoms with van der Waals surface area (Å²) in [6.07, 6.45) is 1.85. The second kappa shape index (κ2) is 3.05. The monoisotopic (exact) mass is 251 g/mol. The number of H-pyrrole nitrogens is 1. The largest absolute Gasteiger partial charge is 0.481 e. The van der Waals surface area contributed by atoms with Gasteiger partial charge in [0.05, 0.1) is 6.42 Å². The van der Waals surface area contributed by atoms with Gasteiger partial charge in [0.25, 0.3) is 0 Å². The molecule has 3 nitrogen and oxygen atoms in total. The van der Waals surface area contributed by atoms with E-state index in [1.807, 2.05) is 6.07 Å². The van der Waals surface area contributed by atoms with Gasteiger partial charge in [-0.3, -0.25) is 4.79 Å². The minimum absolute atomic E-state index is 0.0724. The van der Waals surface area contributed by atoms with Gasteiger partial charge in [-0.15, -0.1) is 0 Å². The third-order valence-corrected chi connectivity index (χ3v) is 1.67. The van der Waals surface area contributed by atoms with Crippen LogP contribution in [0.15, 0.2) is 12.3 Å². The van der Waals surface area contributed by atoms with Crippen LogP contribution in [0.25, 0.3) is 0 Å². The first-order chi connectivity index (χ1) is 4.68.